The third-order valence-electron chi connectivity index (χ3n) is 2.30. The molecule has 5 nitrogen and oxygen atoms in total. The molecule has 0 atom stereocenters. The molecule has 2 aromatic rings. The molecule has 0 amide bonds. The predicted octanol–water partition coefficient (Wildman–Crippen LogP) is 0.677. The largest absolute Gasteiger partial charge is 0.497 e. The molecule has 0 bridgehead atoms. The Labute approximate surface area is 105 Å². The molecule has 0 aliphatic rings. The number of methoxy groups -OCH3 is 1. The van der Waals surface area contributed by atoms with Crippen LogP contribution in [0.1, 0.15) is 5.56 Å². The molecule has 6 heteroatoms. The Balaban J connectivity index is 0.00000144. The number of rotatable bonds is 4. The number of aromatic nitrogens is 2. The van der Waals surface area contributed by atoms with Crippen molar-refractivity contribution in [2.75, 3.05) is 7.11 Å². The second-order valence-corrected chi connectivity index (χ2v) is 3.43. The third kappa shape index (κ3) is 3.64. The van der Waals surface area contributed by atoms with Crippen LogP contribution in [0.2, 0.25) is 0 Å². The van der Waals surface area contributed by atoms with Crippen LogP contribution in [-0.4, -0.2) is 7.11 Å². The van der Waals surface area contributed by atoms with Gasteiger partial charge in [-0.1, -0.05) is 12.1 Å². The van der Waals surface area contributed by atoms with Gasteiger partial charge in [0.05, 0.1) is 7.11 Å². The minimum absolute atomic E-state index is 0. The van der Waals surface area contributed by atoms with Crippen LogP contribution in [0.25, 0.3) is 0 Å². The Morgan fingerprint density at radius 2 is 2.06 bits per heavy atom. The average molecular weight is 256 g/mol. The topological polar surface area (TPSA) is 64.2 Å². The van der Waals surface area contributed by atoms with Gasteiger partial charge in [-0.25, -0.2) is 4.68 Å². The van der Waals surface area contributed by atoms with Crippen molar-refractivity contribution in [3.05, 3.63) is 41.6 Å². The summed E-state index contributed by atoms with van der Waals surface area (Å²) in [6.45, 7) is 0.703. The fourth-order valence-corrected chi connectivity index (χ4v) is 1.42. The zero-order chi connectivity index (χ0) is 11.4. The highest BCUT2D eigenvalue weighted by Gasteiger charge is 1.99. The second kappa shape index (κ2) is 6.10. The molecule has 1 aromatic heterocycles. The van der Waals surface area contributed by atoms with Gasteiger partial charge in [0.15, 0.2) is 0 Å². The molecule has 1 N–H and O–H groups in total. The first-order valence-electron chi connectivity index (χ1n) is 4.99. The number of nitrogens with one attached hydrogen (secondary N) is 1. The minimum Gasteiger partial charge on any atom is -0.497 e. The van der Waals surface area contributed by atoms with Crippen molar-refractivity contribution in [3.63, 3.8) is 0 Å². The zero-order valence-corrected chi connectivity index (χ0v) is 10.2. The molecule has 0 spiro atoms. The Morgan fingerprint density at radius 1 is 1.35 bits per heavy atom. The summed E-state index contributed by atoms with van der Waals surface area (Å²) in [5.74, 6) is 0.853. The van der Waals surface area contributed by atoms with E-state index in [-0.39, 0.29) is 18.0 Å². The van der Waals surface area contributed by atoms with Gasteiger partial charge in [0.2, 0.25) is 6.20 Å². The summed E-state index contributed by atoms with van der Waals surface area (Å²) in [7, 11) is 1.65. The summed E-state index contributed by atoms with van der Waals surface area (Å²) in [5.41, 5.74) is 1.28. The highest BCUT2D eigenvalue weighted by molar-refractivity contribution is 5.85. The van der Waals surface area contributed by atoms with Crippen molar-refractivity contribution in [2.24, 2.45) is 0 Å². The maximum Gasteiger partial charge on any atom is 0.264 e. The van der Waals surface area contributed by atoms with Gasteiger partial charge in [-0.3, -0.25) is 10.7 Å². The van der Waals surface area contributed by atoms with E-state index in [1.807, 2.05) is 24.3 Å². The molecule has 1 heterocycles. The van der Waals surface area contributed by atoms with E-state index in [0.717, 1.165) is 12.2 Å². The van der Waals surface area contributed by atoms with Gasteiger partial charge >= 0.3 is 0 Å². The van der Waals surface area contributed by atoms with Gasteiger partial charge in [0, 0.05) is 6.42 Å². The van der Waals surface area contributed by atoms with Gasteiger partial charge < -0.3 is 9.26 Å². The quantitative estimate of drug-likeness (QED) is 0.817. The maximum atomic E-state index is 7.19. The number of halogens is 1. The molecule has 2 rings (SSSR count). The van der Waals surface area contributed by atoms with Crippen molar-refractivity contribution >= 4 is 12.4 Å². The van der Waals surface area contributed by atoms with Crippen LogP contribution in [0, 0.1) is 5.41 Å². The molecule has 0 saturated carbocycles. The molecule has 0 aliphatic carbocycles. The van der Waals surface area contributed by atoms with Gasteiger partial charge in [-0.2, -0.15) is 0 Å². The summed E-state index contributed by atoms with van der Waals surface area (Å²) in [6.07, 6.45) is 2.41. The SMILES string of the molecule is COc1ccc(CC[n+]2cc(=N)o[n-]2)cc1.Cl. The monoisotopic (exact) mass is 255 g/mol. The van der Waals surface area contributed by atoms with E-state index in [9.17, 15) is 0 Å². The Hall–Kier alpha value is -1.75. The highest BCUT2D eigenvalue weighted by Crippen LogP contribution is 2.11. The maximum absolute atomic E-state index is 7.19. The van der Waals surface area contributed by atoms with Crippen LogP contribution >= 0.6 is 12.4 Å². The van der Waals surface area contributed by atoms with E-state index in [4.69, 9.17) is 10.1 Å². The van der Waals surface area contributed by atoms with Gasteiger partial charge in [0.25, 0.3) is 5.55 Å². The lowest BCUT2D eigenvalue weighted by Gasteiger charge is -2.02. The normalized spacial score (nSPS) is 9.71. The van der Waals surface area contributed by atoms with Crippen molar-refractivity contribution in [3.8, 4) is 5.75 Å². The van der Waals surface area contributed by atoms with Crippen LogP contribution in [-0.2, 0) is 13.0 Å². The van der Waals surface area contributed by atoms with Gasteiger partial charge in [-0.05, 0) is 17.7 Å². The van der Waals surface area contributed by atoms with Crippen LogP contribution in [0.5, 0.6) is 5.75 Å². The van der Waals surface area contributed by atoms with E-state index in [0.29, 0.717) is 6.54 Å². The molecule has 0 saturated heterocycles. The first-order valence-corrected chi connectivity index (χ1v) is 4.99. The Bertz CT molecular complexity index is 504. The number of hydrogen-bond donors (Lipinski definition) is 1. The van der Waals surface area contributed by atoms with Crippen LogP contribution in [0.3, 0.4) is 0 Å². The Morgan fingerprint density at radius 3 is 2.59 bits per heavy atom. The molecule has 92 valence electrons. The number of benzene rings is 1. The van der Waals surface area contributed by atoms with Gasteiger partial charge in [0.1, 0.15) is 12.3 Å². The van der Waals surface area contributed by atoms with E-state index in [2.05, 4.69) is 9.79 Å². The van der Waals surface area contributed by atoms with Crippen LogP contribution < -0.4 is 20.2 Å². The average Bonchev–Trinajstić information content (AvgIpc) is 2.73. The first kappa shape index (κ1) is 13.3. The second-order valence-electron chi connectivity index (χ2n) is 3.43. The standard InChI is InChI=1S/C11H13N3O2.ClH/c1-15-10-4-2-9(3-5-10)6-7-14-8-11(12)16-13-14;/h2-5,8,12H,6-7H2,1H3;1H. The predicted molar refractivity (Wildman–Crippen MR) is 62.0 cm³/mol. The number of aryl methyl sites for hydroxylation is 2. The molecular weight excluding hydrogens is 242 g/mol. The smallest absolute Gasteiger partial charge is 0.264 e. The lowest BCUT2D eigenvalue weighted by Crippen LogP contribution is -2.38. The fourth-order valence-electron chi connectivity index (χ4n) is 1.42. The molecule has 17 heavy (non-hydrogen) atoms. The summed E-state index contributed by atoms with van der Waals surface area (Å²) < 4.78 is 11.3. The van der Waals surface area contributed by atoms with Crippen LogP contribution in [0.4, 0.5) is 0 Å². The third-order valence-corrected chi connectivity index (χ3v) is 2.30. The van der Waals surface area contributed by atoms with E-state index in [1.165, 1.54) is 5.56 Å². The number of hydrogen-bond acceptors (Lipinski definition) is 3. The molecule has 0 radical (unpaired) electrons. The van der Waals surface area contributed by atoms with E-state index >= 15 is 0 Å². The molecule has 0 aliphatic heterocycles. The summed E-state index contributed by atoms with van der Waals surface area (Å²) in [6, 6.07) is 7.89. The molecule has 0 unspecified atom stereocenters. The van der Waals surface area contributed by atoms with E-state index < -0.39 is 0 Å². The van der Waals surface area contributed by atoms with Gasteiger partial charge in [-0.15, -0.1) is 12.4 Å². The fraction of sp³-hybridized carbons (Fsp3) is 0.273. The van der Waals surface area contributed by atoms with Crippen molar-refractivity contribution in [2.45, 2.75) is 13.0 Å². The molecule has 1 aromatic carbocycles. The van der Waals surface area contributed by atoms with Crippen molar-refractivity contribution < 1.29 is 13.9 Å². The van der Waals surface area contributed by atoms with Crippen molar-refractivity contribution in [1.29, 1.82) is 5.41 Å². The van der Waals surface area contributed by atoms with Crippen LogP contribution in [0.15, 0.2) is 35.0 Å². The molecular formula is C11H14ClN3O2. The Kier molecular flexibility index (Phi) is 4.78. The zero-order valence-electron chi connectivity index (χ0n) is 9.42. The lowest BCUT2D eigenvalue weighted by atomic mass is 10.1. The number of ether oxygens (including phenoxy) is 1. The minimum atomic E-state index is 0. The summed E-state index contributed by atoms with van der Waals surface area (Å²) >= 11 is 0. The highest BCUT2D eigenvalue weighted by atomic mass is 35.5. The first-order chi connectivity index (χ1) is 7.78. The molecule has 0 fully saturated rings. The lowest BCUT2D eigenvalue weighted by molar-refractivity contribution is -0.767. The summed E-state index contributed by atoms with van der Waals surface area (Å²) in [5, 5.41) is 10.9. The number of nitrogens with zero attached hydrogens (tertiary/aromatic N) is 2. The van der Waals surface area contributed by atoms with Crippen molar-refractivity contribution in [1.82, 2.24) is 5.27 Å². The van der Waals surface area contributed by atoms with E-state index in [1.54, 1.807) is 18.0 Å². The summed E-state index contributed by atoms with van der Waals surface area (Å²) in [4.78, 5) is 0.